The molecule has 2 heterocycles. The first-order valence-corrected chi connectivity index (χ1v) is 10.1. The zero-order valence-corrected chi connectivity index (χ0v) is 17.8. The predicted octanol–water partition coefficient (Wildman–Crippen LogP) is 3.06. The number of ether oxygens (including phenoxy) is 2. The zero-order valence-electron chi connectivity index (χ0n) is 15.4. The van der Waals surface area contributed by atoms with E-state index in [4.69, 9.17) is 9.47 Å². The lowest BCUT2D eigenvalue weighted by molar-refractivity contribution is -0.132. The lowest BCUT2D eigenvalue weighted by atomic mass is 10.2. The fraction of sp³-hybridized carbons (Fsp3) is 0.100. The first kappa shape index (κ1) is 19.3. The summed E-state index contributed by atoms with van der Waals surface area (Å²) in [5.41, 5.74) is 1.30. The number of rotatable bonds is 4. The van der Waals surface area contributed by atoms with Crippen molar-refractivity contribution >= 4 is 44.3 Å². The lowest BCUT2D eigenvalue weighted by Gasteiger charge is -2.10. The molecule has 9 heteroatoms. The van der Waals surface area contributed by atoms with Crippen molar-refractivity contribution < 1.29 is 14.3 Å². The van der Waals surface area contributed by atoms with Crippen molar-refractivity contribution in [2.45, 2.75) is 6.92 Å². The molecule has 0 spiro atoms. The average molecular weight is 472 g/mol. The fourth-order valence-corrected chi connectivity index (χ4v) is 4.21. The molecule has 2 aromatic heterocycles. The van der Waals surface area contributed by atoms with Crippen LogP contribution in [0.3, 0.4) is 0 Å². The summed E-state index contributed by atoms with van der Waals surface area (Å²) >= 11 is 4.63. The Morgan fingerprint density at radius 3 is 2.66 bits per heavy atom. The van der Waals surface area contributed by atoms with Crippen LogP contribution in [0.4, 0.5) is 0 Å². The summed E-state index contributed by atoms with van der Waals surface area (Å²) in [6, 6.07) is 12.9. The number of methoxy groups -OCH3 is 1. The van der Waals surface area contributed by atoms with Crippen molar-refractivity contribution in [3.05, 3.63) is 67.4 Å². The Hall–Kier alpha value is -3.04. The molecule has 0 unspecified atom stereocenters. The van der Waals surface area contributed by atoms with Gasteiger partial charge in [0.2, 0.25) is 4.96 Å². The summed E-state index contributed by atoms with van der Waals surface area (Å²) in [5, 5.41) is 4.33. The number of hydrogen-bond acceptors (Lipinski definition) is 7. The highest BCUT2D eigenvalue weighted by atomic mass is 79.9. The maximum absolute atomic E-state index is 12.8. The molecule has 29 heavy (non-hydrogen) atoms. The van der Waals surface area contributed by atoms with E-state index < -0.39 is 5.97 Å². The lowest BCUT2D eigenvalue weighted by Crippen LogP contribution is -2.23. The van der Waals surface area contributed by atoms with Gasteiger partial charge in [0.1, 0.15) is 0 Å². The van der Waals surface area contributed by atoms with E-state index in [1.807, 2.05) is 30.3 Å². The van der Waals surface area contributed by atoms with E-state index in [2.05, 4.69) is 26.0 Å². The summed E-state index contributed by atoms with van der Waals surface area (Å²) in [6.07, 6.45) is 1.72. The molecule has 0 amide bonds. The monoisotopic (exact) mass is 471 g/mol. The van der Waals surface area contributed by atoms with Gasteiger partial charge in [-0.15, -0.1) is 5.10 Å². The predicted molar refractivity (Wildman–Crippen MR) is 113 cm³/mol. The second-order valence-corrected chi connectivity index (χ2v) is 7.90. The third-order valence-electron chi connectivity index (χ3n) is 4.01. The Bertz CT molecular complexity index is 1330. The molecule has 0 radical (unpaired) electrons. The van der Waals surface area contributed by atoms with Gasteiger partial charge in [0.05, 0.1) is 16.1 Å². The fourth-order valence-electron chi connectivity index (χ4n) is 2.76. The van der Waals surface area contributed by atoms with Crippen molar-refractivity contribution in [3.8, 4) is 22.9 Å². The topological polar surface area (TPSA) is 82.8 Å². The number of aromatic nitrogens is 3. The minimum Gasteiger partial charge on any atom is -0.493 e. The van der Waals surface area contributed by atoms with Crippen molar-refractivity contribution in [1.82, 2.24) is 14.6 Å². The van der Waals surface area contributed by atoms with Crippen LogP contribution < -0.4 is 19.6 Å². The molecule has 4 rings (SSSR count). The highest BCUT2D eigenvalue weighted by Crippen LogP contribution is 2.37. The maximum Gasteiger partial charge on any atom is 0.308 e. The molecular weight excluding hydrogens is 458 g/mol. The Kier molecular flexibility index (Phi) is 5.16. The van der Waals surface area contributed by atoms with Crippen LogP contribution in [-0.4, -0.2) is 27.7 Å². The van der Waals surface area contributed by atoms with E-state index in [0.717, 1.165) is 5.56 Å². The number of benzene rings is 2. The van der Waals surface area contributed by atoms with E-state index in [-0.39, 0.29) is 11.3 Å². The van der Waals surface area contributed by atoms with Gasteiger partial charge in [0, 0.05) is 12.5 Å². The highest BCUT2D eigenvalue weighted by molar-refractivity contribution is 9.10. The molecule has 2 aromatic carbocycles. The Labute approximate surface area is 177 Å². The number of esters is 1. The third-order valence-corrected chi connectivity index (χ3v) is 5.56. The van der Waals surface area contributed by atoms with Crippen LogP contribution in [0.25, 0.3) is 22.4 Å². The largest absolute Gasteiger partial charge is 0.493 e. The second kappa shape index (κ2) is 7.76. The molecule has 0 saturated carbocycles. The van der Waals surface area contributed by atoms with Crippen LogP contribution in [0.2, 0.25) is 0 Å². The molecule has 0 N–H and O–H groups in total. The number of fused-ring (bicyclic) bond motifs is 1. The molecular formula is C20H14BrN3O4S. The van der Waals surface area contributed by atoms with Gasteiger partial charge in [-0.2, -0.15) is 9.50 Å². The Morgan fingerprint density at radius 2 is 2.00 bits per heavy atom. The van der Waals surface area contributed by atoms with Crippen LogP contribution >= 0.6 is 27.3 Å². The molecule has 4 aromatic rings. The first-order chi connectivity index (χ1) is 14.0. The molecule has 0 atom stereocenters. The van der Waals surface area contributed by atoms with E-state index in [1.54, 1.807) is 18.2 Å². The molecule has 0 aliphatic heterocycles. The maximum atomic E-state index is 12.8. The van der Waals surface area contributed by atoms with Crippen LogP contribution in [0.1, 0.15) is 12.5 Å². The summed E-state index contributed by atoms with van der Waals surface area (Å²) in [7, 11) is 1.48. The summed E-state index contributed by atoms with van der Waals surface area (Å²) in [6.45, 7) is 1.31. The summed E-state index contributed by atoms with van der Waals surface area (Å²) in [4.78, 5) is 29.0. The number of halogens is 1. The van der Waals surface area contributed by atoms with Crippen LogP contribution in [0.15, 0.2) is 51.7 Å². The first-order valence-electron chi connectivity index (χ1n) is 8.49. The van der Waals surface area contributed by atoms with Gasteiger partial charge >= 0.3 is 5.97 Å². The molecule has 0 aliphatic carbocycles. The van der Waals surface area contributed by atoms with Gasteiger partial charge in [-0.25, -0.2) is 0 Å². The number of carbonyl (C=O) groups excluding carboxylic acids is 1. The van der Waals surface area contributed by atoms with Crippen LogP contribution in [0.5, 0.6) is 11.5 Å². The summed E-state index contributed by atoms with van der Waals surface area (Å²) in [5.74, 6) is 0.715. The molecule has 0 saturated heterocycles. The quantitative estimate of drug-likeness (QED) is 0.336. The number of nitrogens with zero attached hydrogens (tertiary/aromatic N) is 3. The Morgan fingerprint density at radius 1 is 1.24 bits per heavy atom. The molecule has 146 valence electrons. The van der Waals surface area contributed by atoms with Crippen molar-refractivity contribution in [3.63, 3.8) is 0 Å². The normalized spacial score (nSPS) is 11.8. The smallest absolute Gasteiger partial charge is 0.308 e. The average Bonchev–Trinajstić information content (AvgIpc) is 3.24. The van der Waals surface area contributed by atoms with Gasteiger partial charge in [0.15, 0.2) is 17.3 Å². The van der Waals surface area contributed by atoms with E-state index in [0.29, 0.717) is 31.1 Å². The summed E-state index contributed by atoms with van der Waals surface area (Å²) < 4.78 is 12.8. The van der Waals surface area contributed by atoms with E-state index >= 15 is 0 Å². The molecule has 7 nitrogen and oxygen atoms in total. The van der Waals surface area contributed by atoms with Crippen molar-refractivity contribution in [1.29, 1.82) is 0 Å². The standard InChI is InChI=1S/C20H14BrN3O4S/c1-11(25)28-17-14(21)8-12(9-15(17)27-2)10-16-19(26)24-20(29-16)22-18(23-24)13-6-4-3-5-7-13/h3-10H,1-2H3/b16-10-. The third kappa shape index (κ3) is 3.79. The van der Waals surface area contributed by atoms with Crippen molar-refractivity contribution in [2.75, 3.05) is 7.11 Å². The second-order valence-electron chi connectivity index (χ2n) is 6.04. The minimum atomic E-state index is -0.456. The van der Waals surface area contributed by atoms with Crippen LogP contribution in [0, 0.1) is 0 Å². The number of hydrogen-bond donors (Lipinski definition) is 0. The molecule has 0 bridgehead atoms. The van der Waals surface area contributed by atoms with Crippen molar-refractivity contribution in [2.24, 2.45) is 0 Å². The van der Waals surface area contributed by atoms with Gasteiger partial charge in [0.25, 0.3) is 5.56 Å². The van der Waals surface area contributed by atoms with E-state index in [9.17, 15) is 9.59 Å². The van der Waals surface area contributed by atoms with Crippen LogP contribution in [-0.2, 0) is 4.79 Å². The van der Waals surface area contributed by atoms with Gasteiger partial charge in [-0.3, -0.25) is 9.59 Å². The van der Waals surface area contributed by atoms with Gasteiger partial charge in [-0.05, 0) is 39.7 Å². The number of thiazole rings is 1. The number of carbonyl (C=O) groups is 1. The van der Waals surface area contributed by atoms with Gasteiger partial charge in [-0.1, -0.05) is 41.7 Å². The zero-order chi connectivity index (χ0) is 20.5. The van der Waals surface area contributed by atoms with Gasteiger partial charge < -0.3 is 9.47 Å². The highest BCUT2D eigenvalue weighted by Gasteiger charge is 2.15. The SMILES string of the molecule is COc1cc(/C=c2\sc3nc(-c4ccccc4)nn3c2=O)cc(Br)c1OC(C)=O. The molecule has 0 aliphatic rings. The van der Waals surface area contributed by atoms with E-state index in [1.165, 1.54) is 29.9 Å². The minimum absolute atomic E-state index is 0.251. The Balaban J connectivity index is 1.78. The molecule has 0 fully saturated rings.